The Kier molecular flexibility index (Phi) is 5.55. The molecule has 0 unspecified atom stereocenters. The van der Waals surface area contributed by atoms with Gasteiger partial charge in [-0.2, -0.15) is 0 Å². The number of benzene rings is 1. The van der Waals surface area contributed by atoms with E-state index in [9.17, 15) is 9.59 Å². The van der Waals surface area contributed by atoms with Crippen LogP contribution in [0.15, 0.2) is 41.8 Å². The molecule has 2 aromatic rings. The molecule has 6 heteroatoms. The van der Waals surface area contributed by atoms with Crippen LogP contribution < -0.4 is 15.4 Å². The van der Waals surface area contributed by atoms with Gasteiger partial charge < -0.3 is 15.4 Å². The van der Waals surface area contributed by atoms with E-state index in [4.69, 9.17) is 4.74 Å². The fourth-order valence-electron chi connectivity index (χ4n) is 2.06. The van der Waals surface area contributed by atoms with Crippen LogP contribution in [0, 0.1) is 0 Å². The Morgan fingerprint density at radius 2 is 2.09 bits per heavy atom. The third-order valence-corrected chi connectivity index (χ3v) is 3.99. The second-order valence-corrected chi connectivity index (χ2v) is 5.73. The number of methoxy groups -OCH3 is 1. The largest absolute Gasteiger partial charge is 0.497 e. The molecule has 1 aromatic carbocycles. The van der Waals surface area contributed by atoms with Crippen LogP contribution in [0.3, 0.4) is 0 Å². The summed E-state index contributed by atoms with van der Waals surface area (Å²) in [5.41, 5.74) is 0.664. The summed E-state index contributed by atoms with van der Waals surface area (Å²) in [5.74, 6) is 0.349. The molecule has 2 rings (SSSR count). The van der Waals surface area contributed by atoms with E-state index in [0.717, 1.165) is 4.88 Å². The van der Waals surface area contributed by atoms with E-state index in [1.54, 1.807) is 31.4 Å². The zero-order chi connectivity index (χ0) is 15.9. The second-order valence-electron chi connectivity index (χ2n) is 4.75. The van der Waals surface area contributed by atoms with Crippen LogP contribution in [0.5, 0.6) is 5.75 Å². The third kappa shape index (κ3) is 4.60. The highest BCUT2D eigenvalue weighted by Gasteiger charge is 2.18. The van der Waals surface area contributed by atoms with Crippen LogP contribution in [0.1, 0.15) is 24.3 Å². The molecule has 22 heavy (non-hydrogen) atoms. The molecule has 0 fully saturated rings. The first-order chi connectivity index (χ1) is 10.6. The maximum atomic E-state index is 12.2. The normalized spacial score (nSPS) is 11.5. The number of hydrogen-bond acceptors (Lipinski definition) is 4. The zero-order valence-corrected chi connectivity index (χ0v) is 13.3. The van der Waals surface area contributed by atoms with Gasteiger partial charge in [0.15, 0.2) is 0 Å². The first-order valence-electron chi connectivity index (χ1n) is 6.83. The molecule has 0 aliphatic heterocycles. The summed E-state index contributed by atoms with van der Waals surface area (Å²) in [7, 11) is 1.57. The van der Waals surface area contributed by atoms with Gasteiger partial charge in [0.2, 0.25) is 11.8 Å². The van der Waals surface area contributed by atoms with Gasteiger partial charge in [0.1, 0.15) is 5.75 Å². The fraction of sp³-hybridized carbons (Fsp3) is 0.250. The van der Waals surface area contributed by atoms with Crippen molar-refractivity contribution in [1.82, 2.24) is 5.32 Å². The first kappa shape index (κ1) is 16.0. The van der Waals surface area contributed by atoms with E-state index < -0.39 is 0 Å². The number of carbonyl (C=O) groups is 2. The highest BCUT2D eigenvalue weighted by atomic mass is 32.1. The van der Waals surface area contributed by atoms with E-state index in [0.29, 0.717) is 11.4 Å². The van der Waals surface area contributed by atoms with Gasteiger partial charge >= 0.3 is 0 Å². The molecular formula is C16H18N2O3S. The number of thiophene rings is 1. The first-order valence-corrected chi connectivity index (χ1v) is 7.71. The van der Waals surface area contributed by atoms with Gasteiger partial charge in [-0.05, 0) is 23.6 Å². The van der Waals surface area contributed by atoms with Crippen molar-refractivity contribution >= 4 is 28.8 Å². The monoisotopic (exact) mass is 318 g/mol. The van der Waals surface area contributed by atoms with E-state index in [2.05, 4.69) is 10.6 Å². The minimum atomic E-state index is -0.317. The van der Waals surface area contributed by atoms with Gasteiger partial charge in [-0.15, -0.1) is 11.3 Å². The van der Waals surface area contributed by atoms with Crippen LogP contribution in [-0.4, -0.2) is 18.9 Å². The molecular weight excluding hydrogens is 300 g/mol. The molecule has 0 aliphatic rings. The Morgan fingerprint density at radius 3 is 2.73 bits per heavy atom. The lowest BCUT2D eigenvalue weighted by atomic mass is 10.1. The molecule has 0 spiro atoms. The van der Waals surface area contributed by atoms with Crippen LogP contribution in [-0.2, 0) is 9.59 Å². The van der Waals surface area contributed by atoms with Gasteiger partial charge in [-0.1, -0.05) is 12.1 Å². The lowest BCUT2D eigenvalue weighted by molar-refractivity contribution is -0.120. The number of hydrogen-bond donors (Lipinski definition) is 2. The summed E-state index contributed by atoms with van der Waals surface area (Å²) >= 11 is 1.51. The third-order valence-electron chi connectivity index (χ3n) is 3.01. The zero-order valence-electron chi connectivity index (χ0n) is 12.5. The van der Waals surface area contributed by atoms with Crippen molar-refractivity contribution in [3.63, 3.8) is 0 Å². The van der Waals surface area contributed by atoms with E-state index in [1.165, 1.54) is 18.3 Å². The van der Waals surface area contributed by atoms with Crippen molar-refractivity contribution in [2.24, 2.45) is 0 Å². The molecule has 0 saturated heterocycles. The summed E-state index contributed by atoms with van der Waals surface area (Å²) < 4.78 is 5.12. The Morgan fingerprint density at radius 1 is 1.27 bits per heavy atom. The average Bonchev–Trinajstić information content (AvgIpc) is 3.00. The number of rotatable bonds is 6. The maximum Gasteiger partial charge on any atom is 0.226 e. The number of amides is 2. The Balaban J connectivity index is 2.03. The number of anilines is 1. The van der Waals surface area contributed by atoms with Crippen LogP contribution >= 0.6 is 11.3 Å². The van der Waals surface area contributed by atoms with E-state index in [1.807, 2.05) is 17.5 Å². The summed E-state index contributed by atoms with van der Waals surface area (Å²) in [6, 6.07) is 10.6. The molecule has 1 aromatic heterocycles. The highest BCUT2D eigenvalue weighted by molar-refractivity contribution is 7.10. The fourth-order valence-corrected chi connectivity index (χ4v) is 2.83. The van der Waals surface area contributed by atoms with E-state index >= 15 is 0 Å². The number of ether oxygens (including phenoxy) is 1. The molecule has 116 valence electrons. The minimum Gasteiger partial charge on any atom is -0.497 e. The van der Waals surface area contributed by atoms with Crippen molar-refractivity contribution in [2.45, 2.75) is 19.4 Å². The van der Waals surface area contributed by atoms with E-state index in [-0.39, 0.29) is 24.3 Å². The predicted molar refractivity (Wildman–Crippen MR) is 87.1 cm³/mol. The van der Waals surface area contributed by atoms with Crippen molar-refractivity contribution in [3.8, 4) is 5.75 Å². The summed E-state index contributed by atoms with van der Waals surface area (Å²) in [6.45, 7) is 1.45. The molecule has 0 aliphatic carbocycles. The molecule has 0 radical (unpaired) electrons. The van der Waals surface area contributed by atoms with Gasteiger partial charge in [0.25, 0.3) is 0 Å². The molecule has 2 N–H and O–H groups in total. The van der Waals surface area contributed by atoms with Crippen molar-refractivity contribution < 1.29 is 14.3 Å². The van der Waals surface area contributed by atoms with Crippen molar-refractivity contribution in [1.29, 1.82) is 0 Å². The molecule has 2 amide bonds. The molecule has 0 bridgehead atoms. The molecule has 1 heterocycles. The van der Waals surface area contributed by atoms with Crippen LogP contribution in [0.4, 0.5) is 5.69 Å². The maximum absolute atomic E-state index is 12.2. The van der Waals surface area contributed by atoms with Gasteiger partial charge in [0.05, 0.1) is 19.6 Å². The molecule has 5 nitrogen and oxygen atoms in total. The average molecular weight is 318 g/mol. The Hall–Kier alpha value is -2.34. The lowest BCUT2D eigenvalue weighted by Crippen LogP contribution is -2.29. The van der Waals surface area contributed by atoms with Crippen LogP contribution in [0.2, 0.25) is 0 Å². The highest BCUT2D eigenvalue weighted by Crippen LogP contribution is 2.23. The van der Waals surface area contributed by atoms with Crippen molar-refractivity contribution in [3.05, 3.63) is 46.7 Å². The minimum absolute atomic E-state index is 0.160. The van der Waals surface area contributed by atoms with Crippen molar-refractivity contribution in [2.75, 3.05) is 12.4 Å². The summed E-state index contributed by atoms with van der Waals surface area (Å²) in [5, 5.41) is 7.54. The quantitative estimate of drug-likeness (QED) is 0.860. The van der Waals surface area contributed by atoms with Gasteiger partial charge in [0, 0.05) is 23.6 Å². The lowest BCUT2D eigenvalue weighted by Gasteiger charge is -2.16. The predicted octanol–water partition coefficient (Wildman–Crippen LogP) is 2.96. The number of nitrogens with one attached hydrogen (secondary N) is 2. The summed E-state index contributed by atoms with van der Waals surface area (Å²) in [4.78, 5) is 24.5. The molecule has 1 atom stereocenters. The van der Waals surface area contributed by atoms with Gasteiger partial charge in [-0.3, -0.25) is 9.59 Å². The SMILES string of the molecule is COc1cccc(NC(=O)C[C@@H](NC(C)=O)c2cccs2)c1. The molecule has 0 saturated carbocycles. The summed E-state index contributed by atoms with van der Waals surface area (Å²) in [6.07, 6.45) is 0.178. The topological polar surface area (TPSA) is 67.4 Å². The van der Waals surface area contributed by atoms with Gasteiger partial charge in [-0.25, -0.2) is 0 Å². The smallest absolute Gasteiger partial charge is 0.226 e. The Labute approximate surface area is 133 Å². The Bertz CT molecular complexity index is 641. The standard InChI is InChI=1S/C16H18N2O3S/c1-11(19)17-14(15-7-4-8-22-15)10-16(20)18-12-5-3-6-13(9-12)21-2/h3-9,14H,10H2,1-2H3,(H,17,19)(H,18,20)/t14-/m1/s1. The number of carbonyl (C=O) groups excluding carboxylic acids is 2. The van der Waals surface area contributed by atoms with Crippen LogP contribution in [0.25, 0.3) is 0 Å². The second kappa shape index (κ2) is 7.61.